The molecule has 0 aliphatic heterocycles. The topological polar surface area (TPSA) is 17.1 Å². The average Bonchev–Trinajstić information content (AvgIpc) is 2.72. The summed E-state index contributed by atoms with van der Waals surface area (Å²) >= 11 is 1.72. The molecule has 2 aromatic rings. The Hall–Kier alpha value is -0.761. The third-order valence-electron chi connectivity index (χ3n) is 1.70. The molecule has 1 heterocycles. The number of hydrogen-bond acceptors (Lipinski definition) is 2. The van der Waals surface area contributed by atoms with Gasteiger partial charge in [-0.25, -0.2) is 0 Å². The van der Waals surface area contributed by atoms with Gasteiger partial charge in [0.25, 0.3) is 0 Å². The minimum atomic E-state index is 0.141. The van der Waals surface area contributed by atoms with Crippen molar-refractivity contribution in [2.45, 2.75) is 3.77 Å². The Morgan fingerprint density at radius 2 is 1.86 bits per heavy atom. The van der Waals surface area contributed by atoms with Gasteiger partial charge in [-0.1, -0.05) is 0 Å². The zero-order valence-corrected chi connectivity index (χ0v) is 9.87. The second-order valence-electron chi connectivity index (χ2n) is 2.69. The van der Waals surface area contributed by atoms with Crippen molar-refractivity contribution < 1.29 is 4.79 Å². The maximum atomic E-state index is 11.7. The van der Waals surface area contributed by atoms with E-state index in [0.717, 1.165) is 5.56 Å². The Bertz CT molecular complexity index is 408. The van der Waals surface area contributed by atoms with Crippen molar-refractivity contribution in [2.24, 2.45) is 0 Å². The predicted molar refractivity (Wildman–Crippen MR) is 60.0 cm³/mol. The first-order valence-electron chi connectivity index (χ1n) is 4.17. The molecule has 0 saturated carbocycles. The second kappa shape index (κ2) is 4.65. The quantitative estimate of drug-likeness (QED) is 0.614. The molecule has 0 amide bonds. The fourth-order valence-corrected chi connectivity index (χ4v) is 3.69. The molecule has 0 unspecified atom stereocenters. The summed E-state index contributed by atoms with van der Waals surface area (Å²) in [6, 6.07) is 13.4. The number of carbonyl (C=O) groups is 1. The normalized spacial score (nSPS) is 10.0. The first kappa shape index (κ1) is 9.78. The molecular formula is C11H8OSSe. The van der Waals surface area contributed by atoms with E-state index in [2.05, 4.69) is 4.94 Å². The molecule has 0 atom stereocenters. The second-order valence-corrected chi connectivity index (χ2v) is 6.27. The molecule has 1 aromatic carbocycles. The summed E-state index contributed by atoms with van der Waals surface area (Å²) in [6.45, 7) is 0. The summed E-state index contributed by atoms with van der Waals surface area (Å²) in [5, 5.41) is 0.141. The van der Waals surface area contributed by atoms with Gasteiger partial charge in [-0.15, -0.1) is 0 Å². The van der Waals surface area contributed by atoms with Gasteiger partial charge in [0.2, 0.25) is 0 Å². The summed E-state index contributed by atoms with van der Waals surface area (Å²) < 4.78 is 1.19. The number of rotatable bonds is 2. The Kier molecular flexibility index (Phi) is 3.25. The monoisotopic (exact) mass is 268 g/mol. The molecular weight excluding hydrogens is 259 g/mol. The van der Waals surface area contributed by atoms with Crippen LogP contribution in [0.1, 0.15) is 10.4 Å². The van der Waals surface area contributed by atoms with Crippen LogP contribution in [0.5, 0.6) is 0 Å². The number of hydrogen-bond donors (Lipinski definition) is 0. The molecule has 1 aromatic heterocycles. The number of thioether (sulfide) groups is 1. The van der Waals surface area contributed by atoms with Gasteiger partial charge in [0.1, 0.15) is 0 Å². The van der Waals surface area contributed by atoms with Crippen LogP contribution in [-0.2, 0) is 0 Å². The molecule has 70 valence electrons. The van der Waals surface area contributed by atoms with E-state index in [9.17, 15) is 4.79 Å². The van der Waals surface area contributed by atoms with Crippen molar-refractivity contribution in [3.63, 3.8) is 0 Å². The Morgan fingerprint density at radius 1 is 1.07 bits per heavy atom. The van der Waals surface area contributed by atoms with Gasteiger partial charge < -0.3 is 0 Å². The van der Waals surface area contributed by atoms with Crippen LogP contribution in [0.2, 0.25) is 0 Å². The summed E-state index contributed by atoms with van der Waals surface area (Å²) in [4.78, 5) is 13.8. The molecule has 0 aliphatic rings. The van der Waals surface area contributed by atoms with Crippen molar-refractivity contribution in [1.82, 2.24) is 0 Å². The molecule has 0 fully saturated rings. The van der Waals surface area contributed by atoms with E-state index in [1.807, 2.05) is 42.5 Å². The van der Waals surface area contributed by atoms with E-state index in [1.165, 1.54) is 15.5 Å². The molecule has 2 rings (SSSR count). The molecule has 0 saturated heterocycles. The molecule has 1 nitrogen and oxygen atoms in total. The van der Waals surface area contributed by atoms with Gasteiger partial charge in [0.05, 0.1) is 0 Å². The average molecular weight is 267 g/mol. The van der Waals surface area contributed by atoms with E-state index in [1.54, 1.807) is 0 Å². The minimum absolute atomic E-state index is 0.141. The summed E-state index contributed by atoms with van der Waals surface area (Å²) in [5.41, 5.74) is 0.779. The van der Waals surface area contributed by atoms with Crippen molar-refractivity contribution in [3.05, 3.63) is 53.0 Å². The van der Waals surface area contributed by atoms with Gasteiger partial charge in [0.15, 0.2) is 0 Å². The van der Waals surface area contributed by atoms with E-state index >= 15 is 0 Å². The molecule has 0 radical (unpaired) electrons. The zero-order chi connectivity index (χ0) is 9.80. The van der Waals surface area contributed by atoms with Gasteiger partial charge in [-0.2, -0.15) is 0 Å². The summed E-state index contributed by atoms with van der Waals surface area (Å²) in [6.07, 6.45) is 0. The Morgan fingerprint density at radius 3 is 2.50 bits per heavy atom. The number of benzene rings is 1. The molecule has 14 heavy (non-hydrogen) atoms. The van der Waals surface area contributed by atoms with Gasteiger partial charge in [-0.3, -0.25) is 0 Å². The first-order valence-corrected chi connectivity index (χ1v) is 6.83. The number of carbonyl (C=O) groups excluding carboxylic acids is 1. The van der Waals surface area contributed by atoms with Crippen LogP contribution >= 0.6 is 11.8 Å². The van der Waals surface area contributed by atoms with E-state index in [4.69, 9.17) is 0 Å². The van der Waals surface area contributed by atoms with Crippen LogP contribution in [0.15, 0.2) is 51.2 Å². The fourth-order valence-electron chi connectivity index (χ4n) is 1.05. The van der Waals surface area contributed by atoms with Gasteiger partial charge in [0, 0.05) is 0 Å². The standard InChI is InChI=1S/C11H8OSSe/c12-11(9-5-2-1-3-6-9)13-10-7-4-8-14-10/h1-8H. The molecule has 0 spiro atoms. The van der Waals surface area contributed by atoms with Crippen LogP contribution in [0.4, 0.5) is 0 Å². The van der Waals surface area contributed by atoms with Gasteiger partial charge in [-0.05, 0) is 0 Å². The van der Waals surface area contributed by atoms with Gasteiger partial charge >= 0.3 is 92.9 Å². The van der Waals surface area contributed by atoms with Crippen molar-refractivity contribution in [3.8, 4) is 0 Å². The Labute approximate surface area is 92.9 Å². The summed E-state index contributed by atoms with van der Waals surface area (Å²) in [7, 11) is 0. The van der Waals surface area contributed by atoms with Crippen LogP contribution in [-0.4, -0.2) is 19.6 Å². The maximum absolute atomic E-state index is 11.7. The van der Waals surface area contributed by atoms with Crippen molar-refractivity contribution >= 4 is 31.4 Å². The van der Waals surface area contributed by atoms with E-state index < -0.39 is 0 Å². The fraction of sp³-hybridized carbons (Fsp3) is 0. The third-order valence-corrected chi connectivity index (χ3v) is 4.87. The third kappa shape index (κ3) is 2.38. The first-order chi connectivity index (χ1) is 6.86. The Balaban J connectivity index is 2.11. The van der Waals surface area contributed by atoms with E-state index in [-0.39, 0.29) is 5.12 Å². The molecule has 0 N–H and O–H groups in total. The van der Waals surface area contributed by atoms with Crippen LogP contribution in [0.25, 0.3) is 0 Å². The molecule has 3 heteroatoms. The SMILES string of the molecule is O=C(Sc1ccc[se]1)c1ccccc1. The predicted octanol–water partition coefficient (Wildman–Crippen LogP) is 2.68. The van der Waals surface area contributed by atoms with Crippen LogP contribution in [0.3, 0.4) is 0 Å². The summed E-state index contributed by atoms with van der Waals surface area (Å²) in [5.74, 6) is 0. The molecule has 0 bridgehead atoms. The zero-order valence-electron chi connectivity index (χ0n) is 7.34. The van der Waals surface area contributed by atoms with Crippen LogP contribution < -0.4 is 0 Å². The molecule has 0 aliphatic carbocycles. The van der Waals surface area contributed by atoms with Crippen LogP contribution in [0, 0.1) is 0 Å². The van der Waals surface area contributed by atoms with Crippen molar-refractivity contribution in [2.75, 3.05) is 0 Å². The van der Waals surface area contributed by atoms with E-state index in [0.29, 0.717) is 14.5 Å². The van der Waals surface area contributed by atoms with Crippen molar-refractivity contribution in [1.29, 1.82) is 0 Å².